The summed E-state index contributed by atoms with van der Waals surface area (Å²) in [7, 11) is 0. The summed E-state index contributed by atoms with van der Waals surface area (Å²) in [4.78, 5) is 5.30. The number of likely N-dealkylation sites (tertiary alicyclic amines) is 2. The highest BCUT2D eigenvalue weighted by Crippen LogP contribution is 2.21. The first-order valence-electron chi connectivity index (χ1n) is 7.77. The van der Waals surface area contributed by atoms with Crippen LogP contribution in [0.2, 0.25) is 0 Å². The molecule has 0 aromatic carbocycles. The van der Waals surface area contributed by atoms with Gasteiger partial charge in [-0.3, -0.25) is 0 Å². The maximum absolute atomic E-state index is 3.67. The minimum atomic E-state index is 0.623. The van der Waals surface area contributed by atoms with E-state index < -0.39 is 0 Å². The average Bonchev–Trinajstić information content (AvgIpc) is 2.88. The normalized spacial score (nSPS) is 31.0. The monoisotopic (exact) mass is 253 g/mol. The molecule has 18 heavy (non-hydrogen) atoms. The van der Waals surface area contributed by atoms with Gasteiger partial charge in [-0.2, -0.15) is 0 Å². The molecule has 2 aliphatic heterocycles. The van der Waals surface area contributed by atoms with E-state index in [9.17, 15) is 0 Å². The molecule has 0 radical (unpaired) electrons. The van der Waals surface area contributed by atoms with E-state index in [0.29, 0.717) is 6.04 Å². The molecule has 1 N–H and O–H groups in total. The lowest BCUT2D eigenvalue weighted by atomic mass is 10.1. The van der Waals surface area contributed by atoms with Crippen LogP contribution >= 0.6 is 0 Å². The highest BCUT2D eigenvalue weighted by atomic mass is 15.2. The summed E-state index contributed by atoms with van der Waals surface area (Å²) in [5, 5.41) is 3.67. The second kappa shape index (κ2) is 6.36. The van der Waals surface area contributed by atoms with Crippen molar-refractivity contribution in [1.29, 1.82) is 0 Å². The van der Waals surface area contributed by atoms with Gasteiger partial charge in [-0.1, -0.05) is 13.8 Å². The molecule has 2 heterocycles. The molecule has 0 aliphatic carbocycles. The molecule has 2 saturated heterocycles. The SMILES string of the molecule is CC(C)NC1CCN(CC2CCN(C(C)C)C2)C1. The van der Waals surface area contributed by atoms with E-state index in [-0.39, 0.29) is 0 Å². The number of rotatable bonds is 5. The summed E-state index contributed by atoms with van der Waals surface area (Å²) < 4.78 is 0. The molecule has 0 amide bonds. The fraction of sp³-hybridized carbons (Fsp3) is 1.00. The Bertz CT molecular complexity index is 252. The van der Waals surface area contributed by atoms with Crippen LogP contribution in [0.4, 0.5) is 0 Å². The summed E-state index contributed by atoms with van der Waals surface area (Å²) in [6.45, 7) is 15.6. The highest BCUT2D eigenvalue weighted by molar-refractivity contribution is 4.86. The van der Waals surface area contributed by atoms with Gasteiger partial charge in [0.05, 0.1) is 0 Å². The number of nitrogens with zero attached hydrogens (tertiary/aromatic N) is 2. The zero-order valence-corrected chi connectivity index (χ0v) is 12.7. The maximum atomic E-state index is 3.67. The van der Waals surface area contributed by atoms with Crippen LogP contribution in [-0.4, -0.2) is 60.6 Å². The standard InChI is InChI=1S/C15H31N3/c1-12(2)16-15-6-7-17(11-15)9-14-5-8-18(10-14)13(3)4/h12-16H,5-11H2,1-4H3. The molecule has 2 fully saturated rings. The first-order chi connectivity index (χ1) is 8.54. The van der Waals surface area contributed by atoms with Gasteiger partial charge in [-0.25, -0.2) is 0 Å². The van der Waals surface area contributed by atoms with Gasteiger partial charge in [-0.15, -0.1) is 0 Å². The molecule has 2 unspecified atom stereocenters. The van der Waals surface area contributed by atoms with Crippen molar-refractivity contribution in [3.63, 3.8) is 0 Å². The summed E-state index contributed by atoms with van der Waals surface area (Å²) in [5.41, 5.74) is 0. The van der Waals surface area contributed by atoms with Gasteiger partial charge in [0.1, 0.15) is 0 Å². The van der Waals surface area contributed by atoms with E-state index in [1.807, 2.05) is 0 Å². The van der Waals surface area contributed by atoms with E-state index >= 15 is 0 Å². The Balaban J connectivity index is 1.69. The van der Waals surface area contributed by atoms with Gasteiger partial charge >= 0.3 is 0 Å². The van der Waals surface area contributed by atoms with Crippen molar-refractivity contribution < 1.29 is 0 Å². The van der Waals surface area contributed by atoms with Crippen LogP contribution in [0.15, 0.2) is 0 Å². The van der Waals surface area contributed by atoms with Crippen molar-refractivity contribution in [1.82, 2.24) is 15.1 Å². The fourth-order valence-electron chi connectivity index (χ4n) is 3.45. The summed E-state index contributed by atoms with van der Waals surface area (Å²) in [6, 6.07) is 2.08. The van der Waals surface area contributed by atoms with Crippen LogP contribution in [-0.2, 0) is 0 Å². The van der Waals surface area contributed by atoms with Gasteiger partial charge in [0.2, 0.25) is 0 Å². The van der Waals surface area contributed by atoms with E-state index in [2.05, 4.69) is 42.8 Å². The van der Waals surface area contributed by atoms with Crippen molar-refractivity contribution in [3.05, 3.63) is 0 Å². The third-order valence-corrected chi connectivity index (χ3v) is 4.41. The molecular weight excluding hydrogens is 222 g/mol. The predicted octanol–water partition coefficient (Wildman–Crippen LogP) is 1.79. The Kier molecular flexibility index (Phi) is 5.05. The smallest absolute Gasteiger partial charge is 0.0209 e. The molecule has 0 bridgehead atoms. The molecular formula is C15H31N3. The minimum absolute atomic E-state index is 0.623. The van der Waals surface area contributed by atoms with Gasteiger partial charge < -0.3 is 15.1 Å². The van der Waals surface area contributed by atoms with Crippen LogP contribution in [0.1, 0.15) is 40.5 Å². The molecule has 2 rings (SSSR count). The third-order valence-electron chi connectivity index (χ3n) is 4.41. The largest absolute Gasteiger partial charge is 0.310 e. The molecule has 3 heteroatoms. The zero-order valence-electron chi connectivity index (χ0n) is 12.7. The fourth-order valence-corrected chi connectivity index (χ4v) is 3.45. The second-order valence-corrected chi connectivity index (χ2v) is 6.81. The van der Waals surface area contributed by atoms with Gasteiger partial charge in [-0.05, 0) is 45.7 Å². The van der Waals surface area contributed by atoms with Crippen LogP contribution < -0.4 is 5.32 Å². The highest BCUT2D eigenvalue weighted by Gasteiger charge is 2.29. The minimum Gasteiger partial charge on any atom is -0.310 e. The van der Waals surface area contributed by atoms with Crippen LogP contribution in [0.25, 0.3) is 0 Å². The van der Waals surface area contributed by atoms with Gasteiger partial charge in [0, 0.05) is 37.8 Å². The van der Waals surface area contributed by atoms with Crippen molar-refractivity contribution in [2.45, 2.75) is 58.7 Å². The Morgan fingerprint density at radius 2 is 1.83 bits per heavy atom. The topological polar surface area (TPSA) is 18.5 Å². The third kappa shape index (κ3) is 3.94. The Labute approximate surface area is 113 Å². The molecule has 0 spiro atoms. The van der Waals surface area contributed by atoms with E-state index in [4.69, 9.17) is 0 Å². The Morgan fingerprint density at radius 1 is 1.06 bits per heavy atom. The Hall–Kier alpha value is -0.120. The summed E-state index contributed by atoms with van der Waals surface area (Å²) in [6.07, 6.45) is 2.73. The molecule has 2 aliphatic rings. The van der Waals surface area contributed by atoms with Crippen LogP contribution in [0.3, 0.4) is 0 Å². The number of nitrogens with one attached hydrogen (secondary N) is 1. The van der Waals surface area contributed by atoms with Gasteiger partial charge in [0.25, 0.3) is 0 Å². The van der Waals surface area contributed by atoms with E-state index in [1.54, 1.807) is 0 Å². The van der Waals surface area contributed by atoms with Crippen molar-refractivity contribution in [2.24, 2.45) is 5.92 Å². The number of hydrogen-bond acceptors (Lipinski definition) is 3. The zero-order chi connectivity index (χ0) is 13.1. The van der Waals surface area contributed by atoms with Crippen LogP contribution in [0, 0.1) is 5.92 Å². The van der Waals surface area contributed by atoms with Crippen molar-refractivity contribution >= 4 is 0 Å². The lowest BCUT2D eigenvalue weighted by Gasteiger charge is -2.23. The quantitative estimate of drug-likeness (QED) is 0.806. The number of hydrogen-bond donors (Lipinski definition) is 1. The lowest BCUT2D eigenvalue weighted by molar-refractivity contribution is 0.236. The first kappa shape index (κ1) is 14.3. The molecule has 0 aromatic heterocycles. The van der Waals surface area contributed by atoms with Crippen molar-refractivity contribution in [2.75, 3.05) is 32.7 Å². The second-order valence-electron chi connectivity index (χ2n) is 6.81. The van der Waals surface area contributed by atoms with Gasteiger partial charge in [0.15, 0.2) is 0 Å². The van der Waals surface area contributed by atoms with E-state index in [1.165, 1.54) is 45.6 Å². The first-order valence-corrected chi connectivity index (χ1v) is 7.77. The maximum Gasteiger partial charge on any atom is 0.0209 e. The predicted molar refractivity (Wildman–Crippen MR) is 77.9 cm³/mol. The summed E-state index contributed by atoms with van der Waals surface area (Å²) >= 11 is 0. The molecule has 3 nitrogen and oxygen atoms in total. The molecule has 106 valence electrons. The molecule has 0 saturated carbocycles. The molecule has 0 aromatic rings. The van der Waals surface area contributed by atoms with Crippen molar-refractivity contribution in [3.8, 4) is 0 Å². The van der Waals surface area contributed by atoms with Crippen LogP contribution in [0.5, 0.6) is 0 Å². The Morgan fingerprint density at radius 3 is 2.44 bits per heavy atom. The summed E-state index contributed by atoms with van der Waals surface area (Å²) in [5.74, 6) is 0.908. The molecule has 2 atom stereocenters. The average molecular weight is 253 g/mol. The van der Waals surface area contributed by atoms with E-state index in [0.717, 1.165) is 18.0 Å². The lowest BCUT2D eigenvalue weighted by Crippen LogP contribution is -2.38.